The van der Waals surface area contributed by atoms with Gasteiger partial charge in [-0.05, 0) is 5.92 Å². The first-order chi connectivity index (χ1) is 4.66. The summed E-state index contributed by atoms with van der Waals surface area (Å²) >= 11 is 0. The first-order valence-electron chi connectivity index (χ1n) is 3.88. The largest absolute Gasteiger partial charge is 0.481 e. The van der Waals surface area contributed by atoms with Crippen LogP contribution in [-0.4, -0.2) is 11.1 Å². The summed E-state index contributed by atoms with van der Waals surface area (Å²) in [5.41, 5.74) is 0. The Hall–Kier alpha value is -0.530. The lowest BCUT2D eigenvalue weighted by Gasteiger charge is -2.05. The van der Waals surface area contributed by atoms with Crippen molar-refractivity contribution >= 4 is 5.97 Å². The molecule has 0 bridgehead atoms. The minimum atomic E-state index is -0.677. The maximum Gasteiger partial charge on any atom is 0.303 e. The second kappa shape index (κ2) is 5.27. The van der Waals surface area contributed by atoms with Crippen LogP contribution in [-0.2, 0) is 4.79 Å². The Labute approximate surface area is 62.2 Å². The number of carboxylic acid groups (broad SMARTS) is 1. The molecule has 0 fully saturated rings. The molecular formula is C8H16O2. The molecule has 0 aromatic carbocycles. The Kier molecular flexibility index (Phi) is 4.99. The zero-order valence-corrected chi connectivity index (χ0v) is 6.76. The van der Waals surface area contributed by atoms with Gasteiger partial charge in [0.25, 0.3) is 0 Å². The summed E-state index contributed by atoms with van der Waals surface area (Å²) in [5, 5.41) is 8.38. The van der Waals surface area contributed by atoms with Gasteiger partial charge in [0.2, 0.25) is 0 Å². The highest BCUT2D eigenvalue weighted by molar-refractivity contribution is 5.66. The molecule has 0 aliphatic rings. The molecule has 0 saturated carbocycles. The Morgan fingerprint density at radius 2 is 2.20 bits per heavy atom. The van der Waals surface area contributed by atoms with Crippen molar-refractivity contribution in [2.75, 3.05) is 0 Å². The SMILES string of the molecule is CCCC[C@@H](C)CC(=O)O. The van der Waals surface area contributed by atoms with E-state index in [9.17, 15) is 4.79 Å². The van der Waals surface area contributed by atoms with Crippen LogP contribution in [0.15, 0.2) is 0 Å². The second-order valence-electron chi connectivity index (χ2n) is 2.85. The van der Waals surface area contributed by atoms with Crippen molar-refractivity contribution in [2.45, 2.75) is 39.5 Å². The van der Waals surface area contributed by atoms with Crippen LogP contribution < -0.4 is 0 Å². The summed E-state index contributed by atoms with van der Waals surface area (Å²) in [7, 11) is 0. The lowest BCUT2D eigenvalue weighted by atomic mass is 10.0. The van der Waals surface area contributed by atoms with Crippen molar-refractivity contribution in [3.8, 4) is 0 Å². The number of rotatable bonds is 5. The molecule has 0 aromatic heterocycles. The van der Waals surface area contributed by atoms with Crippen LogP contribution in [0.1, 0.15) is 39.5 Å². The molecule has 0 rings (SSSR count). The van der Waals surface area contributed by atoms with E-state index < -0.39 is 5.97 Å². The lowest BCUT2D eigenvalue weighted by Crippen LogP contribution is -2.03. The summed E-state index contributed by atoms with van der Waals surface area (Å²) in [6.07, 6.45) is 3.67. The van der Waals surface area contributed by atoms with Gasteiger partial charge < -0.3 is 5.11 Å². The van der Waals surface area contributed by atoms with Crippen LogP contribution in [0, 0.1) is 5.92 Å². The van der Waals surface area contributed by atoms with Gasteiger partial charge in [0.1, 0.15) is 0 Å². The molecule has 0 radical (unpaired) electrons. The molecular weight excluding hydrogens is 128 g/mol. The van der Waals surface area contributed by atoms with E-state index in [0.717, 1.165) is 19.3 Å². The minimum absolute atomic E-state index is 0.319. The standard InChI is InChI=1S/C8H16O2/c1-3-4-5-7(2)6-8(9)10/h7H,3-6H2,1-2H3,(H,9,10)/t7-/m1/s1. The third-order valence-corrected chi connectivity index (χ3v) is 1.57. The minimum Gasteiger partial charge on any atom is -0.481 e. The highest BCUT2D eigenvalue weighted by Crippen LogP contribution is 2.10. The van der Waals surface area contributed by atoms with Gasteiger partial charge in [0, 0.05) is 6.42 Å². The average molecular weight is 144 g/mol. The summed E-state index contributed by atoms with van der Waals surface area (Å²) in [4.78, 5) is 10.2. The Morgan fingerprint density at radius 1 is 1.60 bits per heavy atom. The van der Waals surface area contributed by atoms with Gasteiger partial charge in [-0.15, -0.1) is 0 Å². The van der Waals surface area contributed by atoms with Gasteiger partial charge >= 0.3 is 5.97 Å². The van der Waals surface area contributed by atoms with Gasteiger partial charge in [0.15, 0.2) is 0 Å². The van der Waals surface area contributed by atoms with E-state index in [-0.39, 0.29) is 0 Å². The third kappa shape index (κ3) is 5.60. The van der Waals surface area contributed by atoms with Crippen LogP contribution in [0.4, 0.5) is 0 Å². The molecule has 0 unspecified atom stereocenters. The smallest absolute Gasteiger partial charge is 0.303 e. The molecule has 2 nitrogen and oxygen atoms in total. The first-order valence-corrected chi connectivity index (χ1v) is 3.88. The topological polar surface area (TPSA) is 37.3 Å². The van der Waals surface area contributed by atoms with E-state index >= 15 is 0 Å². The Balaban J connectivity index is 3.25. The average Bonchev–Trinajstić information content (AvgIpc) is 1.82. The first kappa shape index (κ1) is 9.47. The summed E-state index contributed by atoms with van der Waals surface area (Å²) < 4.78 is 0. The number of hydrogen-bond donors (Lipinski definition) is 1. The normalized spacial score (nSPS) is 13.0. The molecule has 2 heteroatoms. The molecule has 0 saturated heterocycles. The van der Waals surface area contributed by atoms with Gasteiger partial charge in [-0.3, -0.25) is 4.79 Å². The maximum atomic E-state index is 10.2. The van der Waals surface area contributed by atoms with Crippen molar-refractivity contribution in [1.82, 2.24) is 0 Å². The monoisotopic (exact) mass is 144 g/mol. The molecule has 60 valence electrons. The molecule has 0 spiro atoms. The molecule has 10 heavy (non-hydrogen) atoms. The van der Waals surface area contributed by atoms with E-state index in [1.807, 2.05) is 6.92 Å². The number of aliphatic carboxylic acids is 1. The molecule has 0 heterocycles. The Morgan fingerprint density at radius 3 is 2.60 bits per heavy atom. The van der Waals surface area contributed by atoms with E-state index in [1.165, 1.54) is 0 Å². The highest BCUT2D eigenvalue weighted by atomic mass is 16.4. The zero-order chi connectivity index (χ0) is 7.98. The van der Waals surface area contributed by atoms with E-state index in [1.54, 1.807) is 0 Å². The van der Waals surface area contributed by atoms with E-state index in [0.29, 0.717) is 12.3 Å². The van der Waals surface area contributed by atoms with Gasteiger partial charge in [0.05, 0.1) is 0 Å². The molecule has 0 aromatic rings. The van der Waals surface area contributed by atoms with Crippen molar-refractivity contribution in [3.63, 3.8) is 0 Å². The molecule has 0 aliphatic carbocycles. The van der Waals surface area contributed by atoms with Crippen LogP contribution >= 0.6 is 0 Å². The molecule has 1 atom stereocenters. The van der Waals surface area contributed by atoms with Crippen molar-refractivity contribution < 1.29 is 9.90 Å². The summed E-state index contributed by atoms with van der Waals surface area (Å²) in [6.45, 7) is 4.11. The predicted octanol–water partition coefficient (Wildman–Crippen LogP) is 2.29. The van der Waals surface area contributed by atoms with Crippen LogP contribution in [0.2, 0.25) is 0 Å². The molecule has 0 aliphatic heterocycles. The van der Waals surface area contributed by atoms with E-state index in [2.05, 4.69) is 6.92 Å². The second-order valence-corrected chi connectivity index (χ2v) is 2.85. The fourth-order valence-corrected chi connectivity index (χ4v) is 0.953. The quantitative estimate of drug-likeness (QED) is 0.642. The van der Waals surface area contributed by atoms with Gasteiger partial charge in [-0.25, -0.2) is 0 Å². The van der Waals surface area contributed by atoms with Crippen LogP contribution in [0.25, 0.3) is 0 Å². The zero-order valence-electron chi connectivity index (χ0n) is 6.76. The summed E-state index contributed by atoms with van der Waals surface area (Å²) in [5.74, 6) is -0.332. The number of carboxylic acids is 1. The van der Waals surface area contributed by atoms with Gasteiger partial charge in [-0.2, -0.15) is 0 Å². The fourth-order valence-electron chi connectivity index (χ4n) is 0.953. The lowest BCUT2D eigenvalue weighted by molar-refractivity contribution is -0.138. The number of carbonyl (C=O) groups is 1. The number of unbranched alkanes of at least 4 members (excludes halogenated alkanes) is 1. The fraction of sp³-hybridized carbons (Fsp3) is 0.875. The molecule has 0 amide bonds. The Bertz CT molecular complexity index is 99.4. The van der Waals surface area contributed by atoms with Crippen molar-refractivity contribution in [2.24, 2.45) is 5.92 Å². The highest BCUT2D eigenvalue weighted by Gasteiger charge is 2.05. The predicted molar refractivity (Wildman–Crippen MR) is 40.9 cm³/mol. The third-order valence-electron chi connectivity index (χ3n) is 1.57. The van der Waals surface area contributed by atoms with Crippen molar-refractivity contribution in [1.29, 1.82) is 0 Å². The van der Waals surface area contributed by atoms with Gasteiger partial charge in [-0.1, -0.05) is 33.1 Å². The number of hydrogen-bond acceptors (Lipinski definition) is 1. The summed E-state index contributed by atoms with van der Waals surface area (Å²) in [6, 6.07) is 0. The van der Waals surface area contributed by atoms with Crippen molar-refractivity contribution in [3.05, 3.63) is 0 Å². The van der Waals surface area contributed by atoms with Crippen LogP contribution in [0.5, 0.6) is 0 Å². The van der Waals surface area contributed by atoms with Crippen LogP contribution in [0.3, 0.4) is 0 Å². The maximum absolute atomic E-state index is 10.2. The molecule has 1 N–H and O–H groups in total. The van der Waals surface area contributed by atoms with E-state index in [4.69, 9.17) is 5.11 Å².